The number of aryl methyl sites for hydroxylation is 1. The molecule has 7 nitrogen and oxygen atoms in total. The molecule has 0 aromatic heterocycles. The van der Waals surface area contributed by atoms with Gasteiger partial charge in [-0.1, -0.05) is 84.2 Å². The maximum Gasteiger partial charge on any atom is 0.264 e. The number of anilines is 1. The van der Waals surface area contributed by atoms with Gasteiger partial charge in [-0.05, 0) is 50.1 Å². The van der Waals surface area contributed by atoms with Gasteiger partial charge in [-0.2, -0.15) is 0 Å². The maximum absolute atomic E-state index is 13.9. The van der Waals surface area contributed by atoms with Crippen molar-refractivity contribution in [3.05, 3.63) is 94.0 Å². The fraction of sp³-hybridized carbons (Fsp3) is 0.286. The highest BCUT2D eigenvalue weighted by Crippen LogP contribution is 2.35. The van der Waals surface area contributed by atoms with Crippen molar-refractivity contribution < 1.29 is 18.0 Å². The summed E-state index contributed by atoms with van der Waals surface area (Å²) in [7, 11) is -4.23. The lowest BCUT2D eigenvalue weighted by Gasteiger charge is -2.33. The molecule has 0 aliphatic rings. The van der Waals surface area contributed by atoms with Crippen molar-refractivity contribution in [3.63, 3.8) is 0 Å². The summed E-state index contributed by atoms with van der Waals surface area (Å²) in [6.07, 6.45) is 0.340. The van der Waals surface area contributed by atoms with Crippen LogP contribution in [0.1, 0.15) is 31.4 Å². The van der Waals surface area contributed by atoms with Gasteiger partial charge in [0.1, 0.15) is 12.6 Å². The predicted molar refractivity (Wildman–Crippen MR) is 152 cm³/mol. The normalized spacial score (nSPS) is 12.0. The highest BCUT2D eigenvalue weighted by atomic mass is 35.5. The van der Waals surface area contributed by atoms with Gasteiger partial charge in [0, 0.05) is 13.1 Å². The summed E-state index contributed by atoms with van der Waals surface area (Å²) in [4.78, 5) is 28.3. The highest BCUT2D eigenvalue weighted by Gasteiger charge is 2.34. The van der Waals surface area contributed by atoms with Crippen molar-refractivity contribution in [2.24, 2.45) is 0 Å². The number of sulfonamides is 1. The van der Waals surface area contributed by atoms with Gasteiger partial charge in [0.05, 0.1) is 20.6 Å². The lowest BCUT2D eigenvalue weighted by molar-refractivity contribution is -0.140. The Labute approximate surface area is 234 Å². The van der Waals surface area contributed by atoms with Crippen LogP contribution in [0.4, 0.5) is 5.69 Å². The van der Waals surface area contributed by atoms with Crippen LogP contribution < -0.4 is 9.62 Å². The van der Waals surface area contributed by atoms with Crippen LogP contribution in [0.15, 0.2) is 77.7 Å². The number of benzene rings is 3. The first-order valence-electron chi connectivity index (χ1n) is 12.2. The Bertz CT molecular complexity index is 1370. The Kier molecular flexibility index (Phi) is 10.2. The van der Waals surface area contributed by atoms with Crippen LogP contribution in [0.25, 0.3) is 0 Å². The molecular formula is C28H31Cl2N3O4S. The molecule has 0 saturated heterocycles. The van der Waals surface area contributed by atoms with E-state index in [1.807, 2.05) is 37.3 Å². The monoisotopic (exact) mass is 575 g/mol. The second kappa shape index (κ2) is 13.1. The zero-order valence-corrected chi connectivity index (χ0v) is 23.9. The Morgan fingerprint density at radius 1 is 0.921 bits per heavy atom. The first-order valence-corrected chi connectivity index (χ1v) is 14.4. The molecule has 3 aromatic rings. The van der Waals surface area contributed by atoms with Crippen molar-refractivity contribution in [2.75, 3.05) is 17.4 Å². The molecule has 0 bridgehead atoms. The van der Waals surface area contributed by atoms with E-state index in [0.717, 1.165) is 15.4 Å². The van der Waals surface area contributed by atoms with Gasteiger partial charge in [0.15, 0.2) is 0 Å². The molecule has 0 heterocycles. The quantitative estimate of drug-likeness (QED) is 0.330. The summed E-state index contributed by atoms with van der Waals surface area (Å²) in [5.74, 6) is -0.869. The van der Waals surface area contributed by atoms with E-state index in [4.69, 9.17) is 23.2 Å². The summed E-state index contributed by atoms with van der Waals surface area (Å²) < 4.78 is 28.7. The van der Waals surface area contributed by atoms with E-state index in [9.17, 15) is 18.0 Å². The molecule has 0 spiro atoms. The molecule has 0 radical (unpaired) electrons. The summed E-state index contributed by atoms with van der Waals surface area (Å²) in [6, 6.07) is 19.3. The van der Waals surface area contributed by atoms with Crippen LogP contribution in [0.2, 0.25) is 10.0 Å². The smallest absolute Gasteiger partial charge is 0.264 e. The number of carbonyl (C=O) groups is 2. The minimum absolute atomic E-state index is 0.00248. The van der Waals surface area contributed by atoms with Gasteiger partial charge >= 0.3 is 0 Å². The molecule has 0 aliphatic carbocycles. The number of nitrogens with one attached hydrogen (secondary N) is 1. The minimum Gasteiger partial charge on any atom is -0.355 e. The Morgan fingerprint density at radius 3 is 2.18 bits per heavy atom. The molecule has 3 aromatic carbocycles. The van der Waals surface area contributed by atoms with Crippen molar-refractivity contribution in [2.45, 2.75) is 44.7 Å². The molecule has 3 rings (SSSR count). The second-order valence-electron chi connectivity index (χ2n) is 8.72. The summed E-state index contributed by atoms with van der Waals surface area (Å²) >= 11 is 12.7. The molecule has 1 unspecified atom stereocenters. The molecule has 0 aliphatic heterocycles. The number of carbonyl (C=O) groups excluding carboxylic acids is 2. The first kappa shape index (κ1) is 29.5. The van der Waals surface area contributed by atoms with E-state index in [0.29, 0.717) is 13.0 Å². The van der Waals surface area contributed by atoms with E-state index in [1.54, 1.807) is 32.0 Å². The summed E-state index contributed by atoms with van der Waals surface area (Å²) in [6.45, 7) is 5.38. The SMILES string of the molecule is CCNC(=O)C(CC)N(Cc1ccccc1)C(=O)CN(c1cccc(Cl)c1Cl)S(=O)(=O)c1ccc(C)cc1. The van der Waals surface area contributed by atoms with Crippen molar-refractivity contribution in [1.82, 2.24) is 10.2 Å². The van der Waals surface area contributed by atoms with E-state index >= 15 is 0 Å². The number of rotatable bonds is 11. The Balaban J connectivity index is 2.09. The lowest BCUT2D eigenvalue weighted by Crippen LogP contribution is -2.52. The predicted octanol–water partition coefficient (Wildman–Crippen LogP) is 5.44. The first-order chi connectivity index (χ1) is 18.1. The number of hydrogen-bond acceptors (Lipinski definition) is 4. The Hall–Kier alpha value is -3.07. The van der Waals surface area contributed by atoms with Crippen LogP contribution in [0.5, 0.6) is 0 Å². The number of hydrogen-bond donors (Lipinski definition) is 1. The molecule has 202 valence electrons. The van der Waals surface area contributed by atoms with E-state index in [2.05, 4.69) is 5.32 Å². The molecule has 1 N–H and O–H groups in total. The Morgan fingerprint density at radius 2 is 1.58 bits per heavy atom. The third-order valence-electron chi connectivity index (χ3n) is 6.02. The largest absolute Gasteiger partial charge is 0.355 e. The topological polar surface area (TPSA) is 86.8 Å². The van der Waals surface area contributed by atoms with Crippen molar-refractivity contribution >= 4 is 50.7 Å². The van der Waals surface area contributed by atoms with E-state index in [-0.39, 0.29) is 33.1 Å². The number of halogens is 2. The lowest BCUT2D eigenvalue weighted by atomic mass is 10.1. The number of amides is 2. The van der Waals surface area contributed by atoms with Crippen molar-refractivity contribution in [1.29, 1.82) is 0 Å². The third kappa shape index (κ3) is 6.87. The van der Waals surface area contributed by atoms with Crippen molar-refractivity contribution in [3.8, 4) is 0 Å². The van der Waals surface area contributed by atoms with Gasteiger partial charge in [0.25, 0.3) is 10.0 Å². The average molecular weight is 577 g/mol. The molecule has 38 heavy (non-hydrogen) atoms. The molecule has 10 heteroatoms. The highest BCUT2D eigenvalue weighted by molar-refractivity contribution is 7.92. The van der Waals surface area contributed by atoms with E-state index < -0.39 is 28.5 Å². The fourth-order valence-corrected chi connectivity index (χ4v) is 5.90. The zero-order chi connectivity index (χ0) is 27.9. The number of nitrogens with zero attached hydrogens (tertiary/aromatic N) is 2. The van der Waals surface area contributed by atoms with Gasteiger partial charge in [0.2, 0.25) is 11.8 Å². The standard InChI is InChI=1S/C28H31Cl2N3O4S/c1-4-24(28(35)31-5-2)32(18-21-10-7-6-8-11-21)26(34)19-33(25-13-9-12-23(29)27(25)30)38(36,37)22-16-14-20(3)15-17-22/h6-17,24H,4-5,18-19H2,1-3H3,(H,31,35). The summed E-state index contributed by atoms with van der Waals surface area (Å²) in [5.41, 5.74) is 1.75. The molecule has 0 fully saturated rings. The minimum atomic E-state index is -4.23. The molecule has 0 saturated carbocycles. The fourth-order valence-electron chi connectivity index (χ4n) is 4.03. The second-order valence-corrected chi connectivity index (χ2v) is 11.4. The van der Waals surface area contributed by atoms with Gasteiger partial charge < -0.3 is 10.2 Å². The van der Waals surface area contributed by atoms with Crippen LogP contribution in [-0.4, -0.2) is 44.3 Å². The van der Waals surface area contributed by atoms with Gasteiger partial charge in [-0.25, -0.2) is 8.42 Å². The van der Waals surface area contributed by atoms with Gasteiger partial charge in [-0.3, -0.25) is 13.9 Å². The molecular weight excluding hydrogens is 545 g/mol. The summed E-state index contributed by atoms with van der Waals surface area (Å²) in [5, 5.41) is 2.93. The third-order valence-corrected chi connectivity index (χ3v) is 8.60. The molecule has 1 atom stereocenters. The van der Waals surface area contributed by atoms with Crippen LogP contribution in [0, 0.1) is 6.92 Å². The van der Waals surface area contributed by atoms with Crippen LogP contribution in [0.3, 0.4) is 0 Å². The molecule has 2 amide bonds. The zero-order valence-electron chi connectivity index (χ0n) is 21.5. The van der Waals surface area contributed by atoms with Crippen LogP contribution in [-0.2, 0) is 26.2 Å². The maximum atomic E-state index is 13.9. The van der Waals surface area contributed by atoms with E-state index in [1.165, 1.54) is 29.2 Å². The van der Waals surface area contributed by atoms with Gasteiger partial charge in [-0.15, -0.1) is 0 Å². The number of likely N-dealkylation sites (N-methyl/N-ethyl adjacent to an activating group) is 1. The average Bonchev–Trinajstić information content (AvgIpc) is 2.90. The van der Waals surface area contributed by atoms with Crippen LogP contribution >= 0.6 is 23.2 Å².